The lowest BCUT2D eigenvalue weighted by atomic mass is 10.2. The molecule has 0 aliphatic rings. The molecule has 1 aromatic rings. The van der Waals surface area contributed by atoms with Crippen LogP contribution in [0, 0.1) is 0 Å². The molecule has 1 unspecified atom stereocenters. The predicted octanol–water partition coefficient (Wildman–Crippen LogP) is 1.05. The van der Waals surface area contributed by atoms with Gasteiger partial charge in [0.25, 0.3) is 0 Å². The molecule has 5 heteroatoms. The summed E-state index contributed by atoms with van der Waals surface area (Å²) >= 11 is 1.80. The van der Waals surface area contributed by atoms with E-state index in [-0.39, 0.29) is 6.04 Å². The van der Waals surface area contributed by atoms with Gasteiger partial charge in [0.15, 0.2) is 0 Å². The Morgan fingerprint density at radius 3 is 3.08 bits per heavy atom. The first-order chi connectivity index (χ1) is 6.29. The van der Waals surface area contributed by atoms with Crippen LogP contribution >= 0.6 is 11.8 Å². The maximum Gasteiger partial charge on any atom is 0.149 e. The Bertz CT molecular complexity index is 248. The lowest BCUT2D eigenvalue weighted by molar-refractivity contribution is 0.591. The van der Waals surface area contributed by atoms with Crippen molar-refractivity contribution in [1.82, 2.24) is 14.8 Å². The second-order valence-electron chi connectivity index (χ2n) is 2.86. The summed E-state index contributed by atoms with van der Waals surface area (Å²) in [6.45, 7) is 2.95. The van der Waals surface area contributed by atoms with E-state index >= 15 is 0 Å². The van der Waals surface area contributed by atoms with Gasteiger partial charge in [0.1, 0.15) is 12.2 Å². The molecule has 2 N–H and O–H groups in total. The molecule has 0 saturated heterocycles. The van der Waals surface area contributed by atoms with Crippen LogP contribution in [0.4, 0.5) is 0 Å². The fourth-order valence-corrected chi connectivity index (χ4v) is 1.66. The lowest BCUT2D eigenvalue weighted by Crippen LogP contribution is -2.17. The third-order valence-corrected chi connectivity index (χ3v) is 2.59. The number of hydrogen-bond donors (Lipinski definition) is 1. The molecule has 0 bridgehead atoms. The Morgan fingerprint density at radius 1 is 1.69 bits per heavy atom. The summed E-state index contributed by atoms with van der Waals surface area (Å²) in [5.41, 5.74) is 5.97. The van der Waals surface area contributed by atoms with Crippen molar-refractivity contribution in [1.29, 1.82) is 0 Å². The molecule has 0 aromatic carbocycles. The van der Waals surface area contributed by atoms with Crippen LogP contribution in [0.3, 0.4) is 0 Å². The maximum absolute atomic E-state index is 5.97. The fraction of sp³-hybridized carbons (Fsp3) is 0.750. The van der Waals surface area contributed by atoms with Crippen molar-refractivity contribution in [3.05, 3.63) is 12.2 Å². The second kappa shape index (κ2) is 5.24. The van der Waals surface area contributed by atoms with Crippen LogP contribution in [0.5, 0.6) is 0 Å². The van der Waals surface area contributed by atoms with Crippen molar-refractivity contribution < 1.29 is 0 Å². The number of rotatable bonds is 5. The van der Waals surface area contributed by atoms with Crippen LogP contribution in [-0.4, -0.2) is 26.8 Å². The molecule has 0 amide bonds. The zero-order valence-electron chi connectivity index (χ0n) is 8.10. The molecule has 4 nitrogen and oxygen atoms in total. The number of hydrogen-bond acceptors (Lipinski definition) is 4. The van der Waals surface area contributed by atoms with Gasteiger partial charge in [-0.05, 0) is 25.4 Å². The summed E-state index contributed by atoms with van der Waals surface area (Å²) in [6.07, 6.45) is 4.77. The summed E-state index contributed by atoms with van der Waals surface area (Å²) in [5, 5.41) is 7.87. The standard InChI is InChI=1S/C8H16N4S/c1-3-12-6-10-11-8(12)7(9)4-5-13-2/h6-7H,3-5,9H2,1-2H3. The van der Waals surface area contributed by atoms with Crippen LogP contribution in [0.25, 0.3) is 0 Å². The van der Waals surface area contributed by atoms with Gasteiger partial charge in [0.05, 0.1) is 6.04 Å². The van der Waals surface area contributed by atoms with Gasteiger partial charge >= 0.3 is 0 Å². The Hall–Kier alpha value is -0.550. The minimum atomic E-state index is 0.0231. The van der Waals surface area contributed by atoms with Crippen molar-refractivity contribution in [3.8, 4) is 0 Å². The van der Waals surface area contributed by atoms with Gasteiger partial charge in [0.2, 0.25) is 0 Å². The first-order valence-electron chi connectivity index (χ1n) is 4.41. The summed E-state index contributed by atoms with van der Waals surface area (Å²) in [6, 6.07) is 0.0231. The van der Waals surface area contributed by atoms with E-state index in [0.29, 0.717) is 0 Å². The number of aromatic nitrogens is 3. The summed E-state index contributed by atoms with van der Waals surface area (Å²) in [5.74, 6) is 1.97. The predicted molar refractivity (Wildman–Crippen MR) is 55.6 cm³/mol. The topological polar surface area (TPSA) is 56.7 Å². The van der Waals surface area contributed by atoms with Crippen LogP contribution in [0.1, 0.15) is 25.2 Å². The minimum absolute atomic E-state index is 0.0231. The molecule has 0 spiro atoms. The van der Waals surface area contributed by atoms with Gasteiger partial charge in [-0.2, -0.15) is 11.8 Å². The second-order valence-corrected chi connectivity index (χ2v) is 3.85. The largest absolute Gasteiger partial charge is 0.321 e. The van der Waals surface area contributed by atoms with E-state index in [9.17, 15) is 0 Å². The average molecular weight is 200 g/mol. The van der Waals surface area contributed by atoms with Gasteiger partial charge in [-0.1, -0.05) is 0 Å². The van der Waals surface area contributed by atoms with Crippen molar-refractivity contribution in [2.45, 2.75) is 25.9 Å². The molecule has 0 saturated carbocycles. The van der Waals surface area contributed by atoms with Crippen molar-refractivity contribution >= 4 is 11.8 Å². The molecule has 13 heavy (non-hydrogen) atoms. The van der Waals surface area contributed by atoms with E-state index < -0.39 is 0 Å². The molecule has 74 valence electrons. The smallest absolute Gasteiger partial charge is 0.149 e. The third kappa shape index (κ3) is 2.70. The van der Waals surface area contributed by atoms with Crippen molar-refractivity contribution in [2.24, 2.45) is 5.73 Å². The normalized spacial score (nSPS) is 13.2. The highest BCUT2D eigenvalue weighted by atomic mass is 32.2. The zero-order chi connectivity index (χ0) is 9.68. The lowest BCUT2D eigenvalue weighted by Gasteiger charge is -2.10. The Labute approximate surface area is 82.9 Å². The van der Waals surface area contributed by atoms with E-state index in [2.05, 4.69) is 23.4 Å². The third-order valence-electron chi connectivity index (χ3n) is 1.95. The molecule has 1 atom stereocenters. The van der Waals surface area contributed by atoms with E-state index in [1.54, 1.807) is 18.1 Å². The zero-order valence-corrected chi connectivity index (χ0v) is 8.92. The highest BCUT2D eigenvalue weighted by Crippen LogP contribution is 2.13. The first kappa shape index (κ1) is 10.5. The van der Waals surface area contributed by atoms with Crippen LogP contribution < -0.4 is 5.73 Å². The summed E-state index contributed by atoms with van der Waals surface area (Å²) in [7, 11) is 0. The minimum Gasteiger partial charge on any atom is -0.321 e. The Kier molecular flexibility index (Phi) is 4.24. The molecule has 0 radical (unpaired) electrons. The summed E-state index contributed by atoms with van der Waals surface area (Å²) < 4.78 is 1.99. The highest BCUT2D eigenvalue weighted by Gasteiger charge is 2.11. The number of nitrogens with two attached hydrogens (primary N) is 1. The average Bonchev–Trinajstić information content (AvgIpc) is 2.61. The van der Waals surface area contributed by atoms with Crippen molar-refractivity contribution in [2.75, 3.05) is 12.0 Å². The van der Waals surface area contributed by atoms with E-state index in [0.717, 1.165) is 24.5 Å². The van der Waals surface area contributed by atoms with Gasteiger partial charge < -0.3 is 10.3 Å². The number of thioether (sulfide) groups is 1. The van der Waals surface area contributed by atoms with Crippen LogP contribution in [0.2, 0.25) is 0 Å². The molecule has 0 aliphatic heterocycles. The van der Waals surface area contributed by atoms with E-state index in [1.807, 2.05) is 4.57 Å². The van der Waals surface area contributed by atoms with Gasteiger partial charge in [-0.15, -0.1) is 10.2 Å². The van der Waals surface area contributed by atoms with E-state index in [4.69, 9.17) is 5.73 Å². The highest BCUT2D eigenvalue weighted by molar-refractivity contribution is 7.98. The van der Waals surface area contributed by atoms with Gasteiger partial charge in [-0.3, -0.25) is 0 Å². The van der Waals surface area contributed by atoms with E-state index in [1.165, 1.54) is 0 Å². The number of aryl methyl sites for hydroxylation is 1. The molecule has 1 rings (SSSR count). The molecule has 0 fully saturated rings. The van der Waals surface area contributed by atoms with Gasteiger partial charge in [-0.25, -0.2) is 0 Å². The van der Waals surface area contributed by atoms with Crippen molar-refractivity contribution in [3.63, 3.8) is 0 Å². The Morgan fingerprint density at radius 2 is 2.46 bits per heavy atom. The molecule has 0 aliphatic carbocycles. The molecule has 1 aromatic heterocycles. The molecular weight excluding hydrogens is 184 g/mol. The molecular formula is C8H16N4S. The fourth-order valence-electron chi connectivity index (χ4n) is 1.17. The van der Waals surface area contributed by atoms with Gasteiger partial charge in [0, 0.05) is 6.54 Å². The first-order valence-corrected chi connectivity index (χ1v) is 5.81. The van der Waals surface area contributed by atoms with Crippen LogP contribution in [-0.2, 0) is 6.54 Å². The maximum atomic E-state index is 5.97. The summed E-state index contributed by atoms with van der Waals surface area (Å²) in [4.78, 5) is 0. The monoisotopic (exact) mass is 200 g/mol. The number of nitrogens with zero attached hydrogens (tertiary/aromatic N) is 3. The Balaban J connectivity index is 2.59. The molecule has 1 heterocycles. The SMILES string of the molecule is CCn1cnnc1C(N)CCSC. The quantitative estimate of drug-likeness (QED) is 0.772. The van der Waals surface area contributed by atoms with Crippen LogP contribution in [0.15, 0.2) is 6.33 Å².